The van der Waals surface area contributed by atoms with Crippen molar-refractivity contribution in [2.45, 2.75) is 31.6 Å². The molecule has 118 valence electrons. The normalized spacial score (nSPS) is 15.3. The van der Waals surface area contributed by atoms with E-state index in [0.717, 1.165) is 17.7 Å². The maximum absolute atomic E-state index is 12.7. The lowest BCUT2D eigenvalue weighted by atomic mass is 10.1. The van der Waals surface area contributed by atoms with Crippen molar-refractivity contribution < 1.29 is 18.3 Å². The number of benzene rings is 1. The number of aliphatic hydroxyl groups excluding tert-OH is 1. The molecule has 1 fully saturated rings. The lowest BCUT2D eigenvalue weighted by Crippen LogP contribution is -2.37. The molecule has 0 aliphatic heterocycles. The monoisotopic (exact) mass is 322 g/mol. The van der Waals surface area contributed by atoms with Crippen LogP contribution in [0, 0.1) is 0 Å². The highest BCUT2D eigenvalue weighted by Gasteiger charge is 2.32. The van der Waals surface area contributed by atoms with Crippen molar-refractivity contribution >= 4 is 17.3 Å². The summed E-state index contributed by atoms with van der Waals surface area (Å²) in [5, 5.41) is 12.6. The van der Waals surface area contributed by atoms with E-state index in [9.17, 15) is 13.2 Å². The molecule has 0 amide bonds. The Morgan fingerprint density at radius 1 is 1.33 bits per heavy atom. The van der Waals surface area contributed by atoms with Gasteiger partial charge in [-0.2, -0.15) is 13.2 Å². The zero-order valence-electron chi connectivity index (χ0n) is 11.5. The number of nitrogens with one attached hydrogen (secondary N) is 1. The van der Waals surface area contributed by atoms with Gasteiger partial charge in [0, 0.05) is 19.1 Å². The Morgan fingerprint density at radius 3 is 2.62 bits per heavy atom. The summed E-state index contributed by atoms with van der Waals surface area (Å²) in [6.07, 6.45) is -2.16. The van der Waals surface area contributed by atoms with E-state index in [2.05, 4.69) is 5.32 Å². The zero-order valence-corrected chi connectivity index (χ0v) is 12.2. The second kappa shape index (κ2) is 6.85. The van der Waals surface area contributed by atoms with Gasteiger partial charge in [0.2, 0.25) is 0 Å². The zero-order chi connectivity index (χ0) is 15.5. The molecule has 7 heteroatoms. The summed E-state index contributed by atoms with van der Waals surface area (Å²) in [7, 11) is 0. The van der Waals surface area contributed by atoms with Gasteiger partial charge in [0.25, 0.3) is 0 Å². The maximum Gasteiger partial charge on any atom is 0.405 e. The van der Waals surface area contributed by atoms with Crippen LogP contribution in [0.3, 0.4) is 0 Å². The molecule has 1 aliphatic rings. The summed E-state index contributed by atoms with van der Waals surface area (Å²) in [6.45, 7) is -1.13. The molecule has 2 N–H and O–H groups in total. The Kier molecular flexibility index (Phi) is 5.35. The van der Waals surface area contributed by atoms with Crippen molar-refractivity contribution in [3.8, 4) is 0 Å². The summed E-state index contributed by atoms with van der Waals surface area (Å²) in [6, 6.07) is 5.50. The number of hydrogen-bond donors (Lipinski definition) is 2. The highest BCUT2D eigenvalue weighted by Crippen LogP contribution is 2.33. The van der Waals surface area contributed by atoms with Crippen LogP contribution in [-0.2, 0) is 6.54 Å². The molecule has 0 spiro atoms. The number of alkyl halides is 3. The second-order valence-electron chi connectivity index (χ2n) is 5.16. The Labute approximate surface area is 126 Å². The molecule has 21 heavy (non-hydrogen) atoms. The third kappa shape index (κ3) is 5.05. The van der Waals surface area contributed by atoms with Gasteiger partial charge in [-0.15, -0.1) is 0 Å². The van der Waals surface area contributed by atoms with Crippen LogP contribution in [-0.4, -0.2) is 37.0 Å². The summed E-state index contributed by atoms with van der Waals surface area (Å²) >= 11 is 6.10. The number of nitrogens with zero attached hydrogens (tertiary/aromatic N) is 1. The van der Waals surface area contributed by atoms with Crippen LogP contribution >= 0.6 is 11.6 Å². The van der Waals surface area contributed by atoms with Crippen molar-refractivity contribution in [1.82, 2.24) is 5.32 Å². The Hall–Kier alpha value is -0.980. The fraction of sp³-hybridized carbons (Fsp3) is 0.571. The second-order valence-corrected chi connectivity index (χ2v) is 5.57. The fourth-order valence-corrected chi connectivity index (χ4v) is 2.52. The van der Waals surface area contributed by atoms with E-state index in [-0.39, 0.29) is 18.2 Å². The van der Waals surface area contributed by atoms with Gasteiger partial charge < -0.3 is 15.3 Å². The van der Waals surface area contributed by atoms with Crippen LogP contribution in [0.1, 0.15) is 18.4 Å². The minimum atomic E-state index is -4.35. The van der Waals surface area contributed by atoms with Gasteiger partial charge in [-0.3, -0.25) is 0 Å². The fourth-order valence-electron chi connectivity index (χ4n) is 2.21. The summed E-state index contributed by atoms with van der Waals surface area (Å²) < 4.78 is 38.2. The van der Waals surface area contributed by atoms with E-state index in [1.54, 1.807) is 18.2 Å². The lowest BCUT2D eigenvalue weighted by Gasteiger charge is -2.28. The number of rotatable bonds is 7. The van der Waals surface area contributed by atoms with Gasteiger partial charge in [0.15, 0.2) is 0 Å². The minimum absolute atomic E-state index is 0.111. The van der Waals surface area contributed by atoms with E-state index < -0.39 is 12.7 Å². The largest absolute Gasteiger partial charge is 0.405 e. The van der Waals surface area contributed by atoms with Gasteiger partial charge in [0.05, 0.1) is 17.3 Å². The third-order valence-electron chi connectivity index (χ3n) is 3.29. The molecule has 2 rings (SSSR count). The standard InChI is InChI=1S/C14H18ClF3N2O/c15-12-3-1-2-10(8-19-11-4-5-11)13(12)20(6-7-21)9-14(16,17)18/h1-3,11,19,21H,4-9H2. The number of halogens is 4. The first-order valence-corrected chi connectivity index (χ1v) is 7.22. The molecule has 1 aromatic carbocycles. The van der Waals surface area contributed by atoms with Crippen LogP contribution < -0.4 is 10.2 Å². The van der Waals surface area contributed by atoms with Crippen LogP contribution in [0.25, 0.3) is 0 Å². The first kappa shape index (κ1) is 16.4. The average molecular weight is 323 g/mol. The SMILES string of the molecule is OCCN(CC(F)(F)F)c1c(Cl)cccc1CNC1CC1. The van der Waals surface area contributed by atoms with E-state index >= 15 is 0 Å². The first-order chi connectivity index (χ1) is 9.90. The number of anilines is 1. The molecule has 3 nitrogen and oxygen atoms in total. The molecule has 0 bridgehead atoms. The highest BCUT2D eigenvalue weighted by molar-refractivity contribution is 6.33. The van der Waals surface area contributed by atoms with Crippen LogP contribution in [0.4, 0.5) is 18.9 Å². The topological polar surface area (TPSA) is 35.5 Å². The number of para-hydroxylation sites is 1. The molecule has 0 atom stereocenters. The van der Waals surface area contributed by atoms with Gasteiger partial charge in [-0.05, 0) is 24.5 Å². The Bertz CT molecular complexity index is 478. The van der Waals surface area contributed by atoms with Gasteiger partial charge in [-0.1, -0.05) is 23.7 Å². The molecular weight excluding hydrogens is 305 g/mol. The summed E-state index contributed by atoms with van der Waals surface area (Å²) in [5.41, 5.74) is 1.06. The molecule has 0 saturated heterocycles. The van der Waals surface area contributed by atoms with Crippen molar-refractivity contribution in [3.05, 3.63) is 28.8 Å². The molecule has 0 radical (unpaired) electrons. The van der Waals surface area contributed by atoms with Crippen molar-refractivity contribution in [1.29, 1.82) is 0 Å². The smallest absolute Gasteiger partial charge is 0.395 e. The molecule has 1 saturated carbocycles. The number of hydrogen-bond acceptors (Lipinski definition) is 3. The first-order valence-electron chi connectivity index (χ1n) is 6.84. The van der Waals surface area contributed by atoms with Crippen molar-refractivity contribution in [2.24, 2.45) is 0 Å². The van der Waals surface area contributed by atoms with E-state index in [4.69, 9.17) is 16.7 Å². The summed E-state index contributed by atoms with van der Waals surface area (Å²) in [4.78, 5) is 1.09. The molecule has 1 aromatic rings. The Morgan fingerprint density at radius 2 is 2.05 bits per heavy atom. The van der Waals surface area contributed by atoms with Crippen molar-refractivity contribution in [2.75, 3.05) is 24.6 Å². The number of aliphatic hydroxyl groups is 1. The van der Waals surface area contributed by atoms with Gasteiger partial charge in [0.1, 0.15) is 6.54 Å². The van der Waals surface area contributed by atoms with Crippen LogP contribution in [0.2, 0.25) is 5.02 Å². The predicted molar refractivity (Wildman–Crippen MR) is 76.7 cm³/mol. The van der Waals surface area contributed by atoms with Crippen molar-refractivity contribution in [3.63, 3.8) is 0 Å². The van der Waals surface area contributed by atoms with Crippen LogP contribution in [0.15, 0.2) is 18.2 Å². The lowest BCUT2D eigenvalue weighted by molar-refractivity contribution is -0.119. The molecule has 0 unspecified atom stereocenters. The maximum atomic E-state index is 12.7. The average Bonchev–Trinajstić information content (AvgIpc) is 3.18. The third-order valence-corrected chi connectivity index (χ3v) is 3.59. The van der Waals surface area contributed by atoms with E-state index in [1.807, 2.05) is 0 Å². The predicted octanol–water partition coefficient (Wildman–Crippen LogP) is 2.95. The molecular formula is C14H18ClF3N2O. The molecule has 0 heterocycles. The van der Waals surface area contributed by atoms with Crippen LogP contribution in [0.5, 0.6) is 0 Å². The van der Waals surface area contributed by atoms with Gasteiger partial charge in [-0.25, -0.2) is 0 Å². The molecule has 1 aliphatic carbocycles. The quantitative estimate of drug-likeness (QED) is 0.810. The highest BCUT2D eigenvalue weighted by atomic mass is 35.5. The summed E-state index contributed by atoms with van der Waals surface area (Å²) in [5.74, 6) is 0. The minimum Gasteiger partial charge on any atom is -0.395 e. The van der Waals surface area contributed by atoms with E-state index in [0.29, 0.717) is 23.8 Å². The molecule has 0 aromatic heterocycles. The Balaban J connectivity index is 2.23. The van der Waals surface area contributed by atoms with E-state index in [1.165, 1.54) is 0 Å². The van der Waals surface area contributed by atoms with Gasteiger partial charge >= 0.3 is 6.18 Å².